The summed E-state index contributed by atoms with van der Waals surface area (Å²) in [5, 5.41) is 10.9. The highest BCUT2D eigenvalue weighted by Gasteiger charge is 2.01. The molecule has 0 atom stereocenters. The van der Waals surface area contributed by atoms with Crippen LogP contribution in [-0.4, -0.2) is 33.1 Å². The smallest absolute Gasteiger partial charge is 0.191 e. The topological polar surface area (TPSA) is 39.7 Å². The Hall–Kier alpha value is -1.28. The van der Waals surface area contributed by atoms with E-state index in [4.69, 9.17) is 0 Å². The lowest BCUT2D eigenvalue weighted by molar-refractivity contribution is 0.729. The molecule has 0 spiro atoms. The second-order valence-corrected chi connectivity index (χ2v) is 5.87. The number of guanidine groups is 1. The van der Waals surface area contributed by atoms with Gasteiger partial charge in [-0.3, -0.25) is 4.99 Å². The Bertz CT molecular complexity index is 557. The summed E-state index contributed by atoms with van der Waals surface area (Å²) in [5.74, 6) is 0.855. The average molecular weight is 444 g/mol. The molecule has 0 amide bonds. The van der Waals surface area contributed by atoms with E-state index in [1.54, 1.807) is 18.4 Å². The minimum absolute atomic E-state index is 0. The van der Waals surface area contributed by atoms with E-state index in [-0.39, 0.29) is 24.0 Å². The van der Waals surface area contributed by atoms with Crippen LogP contribution in [0.25, 0.3) is 0 Å². The van der Waals surface area contributed by atoms with Crippen molar-refractivity contribution in [1.29, 1.82) is 0 Å². The third kappa shape index (κ3) is 7.22. The molecule has 0 aliphatic carbocycles. The molecule has 0 unspecified atom stereocenters. The summed E-state index contributed by atoms with van der Waals surface area (Å²) >= 11 is 1.72. The van der Waals surface area contributed by atoms with E-state index < -0.39 is 0 Å². The van der Waals surface area contributed by atoms with Crippen LogP contribution < -0.4 is 15.5 Å². The summed E-state index contributed by atoms with van der Waals surface area (Å²) in [4.78, 5) is 6.51. The highest BCUT2D eigenvalue weighted by molar-refractivity contribution is 14.0. The SMILES string of the molecule is CN=C(NCCCN(C)c1ccccc1)NCc1ccsc1.I. The van der Waals surface area contributed by atoms with Gasteiger partial charge in [0, 0.05) is 39.4 Å². The number of para-hydroxylation sites is 1. The van der Waals surface area contributed by atoms with Crippen LogP contribution in [0.15, 0.2) is 52.2 Å². The minimum atomic E-state index is 0. The molecule has 0 saturated carbocycles. The first kappa shape index (κ1) is 19.8. The Morgan fingerprint density at radius 3 is 2.61 bits per heavy atom. The number of rotatable bonds is 7. The minimum Gasteiger partial charge on any atom is -0.375 e. The van der Waals surface area contributed by atoms with Gasteiger partial charge >= 0.3 is 0 Å². The second-order valence-electron chi connectivity index (χ2n) is 5.09. The molecule has 0 aliphatic rings. The Morgan fingerprint density at radius 1 is 1.17 bits per heavy atom. The van der Waals surface area contributed by atoms with E-state index in [2.05, 4.69) is 68.7 Å². The van der Waals surface area contributed by atoms with Crippen LogP contribution in [0, 0.1) is 0 Å². The lowest BCUT2D eigenvalue weighted by Gasteiger charge is -2.19. The fraction of sp³-hybridized carbons (Fsp3) is 0.353. The normalized spacial score (nSPS) is 10.8. The van der Waals surface area contributed by atoms with Gasteiger partial charge in [0.2, 0.25) is 0 Å². The third-order valence-electron chi connectivity index (χ3n) is 3.42. The van der Waals surface area contributed by atoms with E-state index in [9.17, 15) is 0 Å². The summed E-state index contributed by atoms with van der Waals surface area (Å²) in [6.07, 6.45) is 1.06. The number of halogens is 1. The first-order valence-electron chi connectivity index (χ1n) is 7.51. The Labute approximate surface area is 160 Å². The quantitative estimate of drug-likeness (QED) is 0.297. The van der Waals surface area contributed by atoms with Crippen molar-refractivity contribution in [3.8, 4) is 0 Å². The summed E-state index contributed by atoms with van der Waals surface area (Å²) in [6.45, 7) is 2.73. The number of nitrogens with one attached hydrogen (secondary N) is 2. The highest BCUT2D eigenvalue weighted by atomic mass is 127. The summed E-state index contributed by atoms with van der Waals surface area (Å²) in [6, 6.07) is 12.6. The first-order valence-corrected chi connectivity index (χ1v) is 8.45. The molecule has 6 heteroatoms. The van der Waals surface area contributed by atoms with Gasteiger partial charge in [-0.25, -0.2) is 0 Å². The van der Waals surface area contributed by atoms with E-state index in [0.29, 0.717) is 0 Å². The van der Waals surface area contributed by atoms with Gasteiger partial charge in [0.05, 0.1) is 0 Å². The van der Waals surface area contributed by atoms with Gasteiger partial charge in [-0.2, -0.15) is 11.3 Å². The third-order valence-corrected chi connectivity index (χ3v) is 4.16. The monoisotopic (exact) mass is 444 g/mol. The van der Waals surface area contributed by atoms with Crippen molar-refractivity contribution in [2.45, 2.75) is 13.0 Å². The van der Waals surface area contributed by atoms with Crippen LogP contribution in [-0.2, 0) is 6.54 Å². The lowest BCUT2D eigenvalue weighted by atomic mass is 10.3. The summed E-state index contributed by atoms with van der Waals surface area (Å²) < 4.78 is 0. The van der Waals surface area contributed by atoms with Crippen molar-refractivity contribution in [3.05, 3.63) is 52.7 Å². The maximum atomic E-state index is 4.25. The van der Waals surface area contributed by atoms with Gasteiger partial charge in [0.15, 0.2) is 5.96 Å². The average Bonchev–Trinajstić information content (AvgIpc) is 3.08. The largest absolute Gasteiger partial charge is 0.375 e. The molecular weight excluding hydrogens is 419 g/mol. The number of benzene rings is 1. The van der Waals surface area contributed by atoms with Crippen LogP contribution >= 0.6 is 35.3 Å². The number of nitrogens with zero attached hydrogens (tertiary/aromatic N) is 2. The number of anilines is 1. The van der Waals surface area contributed by atoms with Gasteiger partial charge in [-0.1, -0.05) is 18.2 Å². The summed E-state index contributed by atoms with van der Waals surface area (Å²) in [7, 11) is 3.93. The van der Waals surface area contributed by atoms with Crippen molar-refractivity contribution in [3.63, 3.8) is 0 Å². The number of aliphatic imine (C=N–C) groups is 1. The summed E-state index contributed by atoms with van der Waals surface area (Å²) in [5.41, 5.74) is 2.54. The van der Waals surface area contributed by atoms with Crippen LogP contribution in [0.4, 0.5) is 5.69 Å². The molecule has 2 rings (SSSR count). The molecule has 126 valence electrons. The maximum absolute atomic E-state index is 4.25. The molecule has 2 N–H and O–H groups in total. The molecule has 0 saturated heterocycles. The molecule has 0 aliphatic heterocycles. The van der Waals surface area contributed by atoms with Crippen LogP contribution in [0.3, 0.4) is 0 Å². The zero-order valence-electron chi connectivity index (χ0n) is 13.7. The molecule has 1 aromatic heterocycles. The van der Waals surface area contributed by atoms with E-state index in [1.165, 1.54) is 11.3 Å². The van der Waals surface area contributed by atoms with Gasteiger partial charge in [0.25, 0.3) is 0 Å². The van der Waals surface area contributed by atoms with Crippen molar-refractivity contribution in [2.24, 2.45) is 4.99 Å². The highest BCUT2D eigenvalue weighted by Crippen LogP contribution is 2.10. The fourth-order valence-electron chi connectivity index (χ4n) is 2.13. The van der Waals surface area contributed by atoms with E-state index in [0.717, 1.165) is 32.0 Å². The van der Waals surface area contributed by atoms with Crippen molar-refractivity contribution in [2.75, 3.05) is 32.1 Å². The van der Waals surface area contributed by atoms with Gasteiger partial charge in [-0.15, -0.1) is 24.0 Å². The van der Waals surface area contributed by atoms with E-state index in [1.807, 2.05) is 6.07 Å². The molecule has 0 fully saturated rings. The second kappa shape index (κ2) is 11.3. The molecule has 2 aromatic rings. The molecular formula is C17H25IN4S. The van der Waals surface area contributed by atoms with Crippen molar-refractivity contribution >= 4 is 47.0 Å². The molecule has 1 aromatic carbocycles. The number of thiophene rings is 1. The van der Waals surface area contributed by atoms with Crippen LogP contribution in [0.5, 0.6) is 0 Å². The van der Waals surface area contributed by atoms with Crippen molar-refractivity contribution < 1.29 is 0 Å². The zero-order chi connectivity index (χ0) is 15.6. The Balaban J connectivity index is 0.00000264. The van der Waals surface area contributed by atoms with Crippen molar-refractivity contribution in [1.82, 2.24) is 10.6 Å². The Morgan fingerprint density at radius 2 is 1.96 bits per heavy atom. The number of hydrogen-bond acceptors (Lipinski definition) is 3. The van der Waals surface area contributed by atoms with Gasteiger partial charge < -0.3 is 15.5 Å². The molecule has 4 nitrogen and oxygen atoms in total. The number of hydrogen-bond donors (Lipinski definition) is 2. The van der Waals surface area contributed by atoms with Crippen LogP contribution in [0.2, 0.25) is 0 Å². The zero-order valence-corrected chi connectivity index (χ0v) is 16.8. The molecule has 0 bridgehead atoms. The maximum Gasteiger partial charge on any atom is 0.191 e. The molecule has 0 radical (unpaired) electrons. The van der Waals surface area contributed by atoms with E-state index >= 15 is 0 Å². The fourth-order valence-corrected chi connectivity index (χ4v) is 2.80. The Kier molecular flexibility index (Phi) is 9.70. The lowest BCUT2D eigenvalue weighted by Crippen LogP contribution is -2.38. The molecule has 1 heterocycles. The first-order chi connectivity index (χ1) is 10.8. The standard InChI is InChI=1S/C17H24N4S.HI/c1-18-17(20-13-15-9-12-22-14-15)19-10-6-11-21(2)16-7-4-3-5-8-16;/h3-5,7-9,12,14H,6,10-11,13H2,1-2H3,(H2,18,19,20);1H. The predicted molar refractivity (Wildman–Crippen MR) is 112 cm³/mol. The molecule has 23 heavy (non-hydrogen) atoms. The van der Waals surface area contributed by atoms with Crippen LogP contribution in [0.1, 0.15) is 12.0 Å². The van der Waals surface area contributed by atoms with Gasteiger partial charge in [-0.05, 0) is 40.9 Å². The predicted octanol–water partition coefficient (Wildman–Crippen LogP) is 3.56. The van der Waals surface area contributed by atoms with Gasteiger partial charge in [0.1, 0.15) is 0 Å².